The molecule has 0 spiro atoms. The fourth-order valence-corrected chi connectivity index (χ4v) is 1.89. The van der Waals surface area contributed by atoms with Gasteiger partial charge in [0, 0.05) is 30.2 Å². The first-order valence-corrected chi connectivity index (χ1v) is 5.75. The molecule has 0 saturated heterocycles. The molecule has 0 N–H and O–H groups in total. The Kier molecular flexibility index (Phi) is 5.11. The first-order chi connectivity index (χ1) is 6.74. The number of hydrogen-bond acceptors (Lipinski definition) is 2. The molecule has 0 bridgehead atoms. The van der Waals surface area contributed by atoms with Crippen LogP contribution in [0.1, 0.15) is 5.56 Å². The molecule has 0 saturated carbocycles. The lowest BCUT2D eigenvalue weighted by Gasteiger charge is -2.22. The average Bonchev–Trinajstić information content (AvgIpc) is 2.18. The molecule has 0 aliphatic heterocycles. The van der Waals surface area contributed by atoms with E-state index in [0.717, 1.165) is 5.56 Å². The Balaban J connectivity index is 2.60. The monoisotopic (exact) mass is 232 g/mol. The second kappa shape index (κ2) is 6.14. The summed E-state index contributed by atoms with van der Waals surface area (Å²) in [5, 5.41) is 0. The number of nitrogens with zero attached hydrogens (tertiary/aromatic N) is 1. The minimum Gasteiger partial charge on any atom is -0.760 e. The van der Waals surface area contributed by atoms with E-state index in [4.69, 9.17) is 11.6 Å². The van der Waals surface area contributed by atoms with Gasteiger partial charge >= 0.3 is 0 Å². The van der Waals surface area contributed by atoms with Gasteiger partial charge in [0.05, 0.1) is 0 Å². The molecule has 0 aliphatic rings. The third-order valence-corrected chi connectivity index (χ3v) is 2.65. The highest BCUT2D eigenvalue weighted by Crippen LogP contribution is 2.05. The number of halogens is 1. The second-order valence-corrected chi connectivity index (χ2v) is 4.08. The zero-order chi connectivity index (χ0) is 10.4. The molecule has 5 heteroatoms. The van der Waals surface area contributed by atoms with Crippen LogP contribution in [0.4, 0.5) is 0 Å². The van der Waals surface area contributed by atoms with Crippen molar-refractivity contribution in [3.8, 4) is 0 Å². The van der Waals surface area contributed by atoms with Crippen molar-refractivity contribution in [1.29, 1.82) is 0 Å². The van der Waals surface area contributed by atoms with Crippen molar-refractivity contribution in [3.63, 3.8) is 0 Å². The van der Waals surface area contributed by atoms with Gasteiger partial charge in [0.25, 0.3) is 0 Å². The summed E-state index contributed by atoms with van der Waals surface area (Å²) in [7, 11) is 0. The molecular formula is C9H11ClNO2S-. The lowest BCUT2D eigenvalue weighted by molar-refractivity contribution is 0.398. The Morgan fingerprint density at radius 2 is 2.00 bits per heavy atom. The quantitative estimate of drug-likeness (QED) is 0.571. The molecule has 14 heavy (non-hydrogen) atoms. The second-order valence-electron chi connectivity index (χ2n) is 2.76. The number of hydrogen-bond donors (Lipinski definition) is 0. The Bertz CT molecular complexity index is 294. The van der Waals surface area contributed by atoms with E-state index < -0.39 is 11.3 Å². The molecule has 1 aromatic rings. The van der Waals surface area contributed by atoms with E-state index in [9.17, 15) is 8.76 Å². The van der Waals surface area contributed by atoms with Crippen molar-refractivity contribution in [3.05, 3.63) is 35.9 Å². The van der Waals surface area contributed by atoms with Crippen LogP contribution in [0.15, 0.2) is 30.3 Å². The predicted octanol–water partition coefficient (Wildman–Crippen LogP) is 1.52. The van der Waals surface area contributed by atoms with E-state index in [1.807, 2.05) is 30.3 Å². The molecule has 0 aliphatic carbocycles. The minimum absolute atomic E-state index is 0.306. The summed E-state index contributed by atoms with van der Waals surface area (Å²) < 4.78 is 22.8. The third kappa shape index (κ3) is 3.75. The van der Waals surface area contributed by atoms with Crippen LogP contribution in [-0.4, -0.2) is 25.5 Å². The maximum atomic E-state index is 10.8. The maximum Gasteiger partial charge on any atom is 0.0361 e. The highest BCUT2D eigenvalue weighted by Gasteiger charge is 2.04. The number of rotatable bonds is 5. The minimum atomic E-state index is -2.20. The molecule has 0 fully saturated rings. The van der Waals surface area contributed by atoms with Crippen LogP contribution < -0.4 is 0 Å². The molecule has 0 amide bonds. The van der Waals surface area contributed by atoms with Gasteiger partial charge in [-0.25, -0.2) is 4.31 Å². The van der Waals surface area contributed by atoms with Gasteiger partial charge in [0.1, 0.15) is 0 Å². The molecular weight excluding hydrogens is 222 g/mol. The zero-order valence-corrected chi connectivity index (χ0v) is 9.13. The van der Waals surface area contributed by atoms with Crippen molar-refractivity contribution in [1.82, 2.24) is 4.31 Å². The van der Waals surface area contributed by atoms with Gasteiger partial charge in [0.2, 0.25) is 0 Å². The van der Waals surface area contributed by atoms with Crippen LogP contribution in [-0.2, 0) is 17.8 Å². The molecule has 0 heterocycles. The normalized spacial score (nSPS) is 13.1. The van der Waals surface area contributed by atoms with Crippen LogP contribution in [0.25, 0.3) is 0 Å². The van der Waals surface area contributed by atoms with E-state index in [1.54, 1.807) is 0 Å². The van der Waals surface area contributed by atoms with Gasteiger partial charge in [-0.3, -0.25) is 4.21 Å². The fourth-order valence-electron chi connectivity index (χ4n) is 1.09. The van der Waals surface area contributed by atoms with E-state index >= 15 is 0 Å². The Hall–Kier alpha value is -0.420. The van der Waals surface area contributed by atoms with E-state index in [0.29, 0.717) is 19.0 Å². The number of alkyl halides is 1. The maximum absolute atomic E-state index is 10.8. The third-order valence-electron chi connectivity index (χ3n) is 1.75. The highest BCUT2D eigenvalue weighted by molar-refractivity contribution is 7.76. The Labute approximate surface area is 91.1 Å². The molecule has 0 radical (unpaired) electrons. The molecule has 1 rings (SSSR count). The molecule has 1 unspecified atom stereocenters. The first kappa shape index (κ1) is 11.7. The predicted molar refractivity (Wildman–Crippen MR) is 56.5 cm³/mol. The summed E-state index contributed by atoms with van der Waals surface area (Å²) >= 11 is 3.29. The van der Waals surface area contributed by atoms with E-state index in [-0.39, 0.29) is 0 Å². The molecule has 1 atom stereocenters. The summed E-state index contributed by atoms with van der Waals surface area (Å²) in [4.78, 5) is 0. The van der Waals surface area contributed by atoms with Gasteiger partial charge in [-0.2, -0.15) is 0 Å². The average molecular weight is 233 g/mol. The first-order valence-electron chi connectivity index (χ1n) is 4.18. The summed E-state index contributed by atoms with van der Waals surface area (Å²) in [5.74, 6) is 0.306. The van der Waals surface area contributed by atoms with E-state index in [2.05, 4.69) is 0 Å². The summed E-state index contributed by atoms with van der Waals surface area (Å²) in [6.45, 7) is 0.718. The number of benzene rings is 1. The molecule has 1 aromatic carbocycles. The van der Waals surface area contributed by atoms with Crippen LogP contribution in [0, 0.1) is 0 Å². The summed E-state index contributed by atoms with van der Waals surface area (Å²) in [5.41, 5.74) is 0.960. The van der Waals surface area contributed by atoms with Gasteiger partial charge in [-0.1, -0.05) is 30.3 Å². The van der Waals surface area contributed by atoms with Crippen LogP contribution in [0.2, 0.25) is 0 Å². The molecule has 3 nitrogen and oxygen atoms in total. The van der Waals surface area contributed by atoms with E-state index in [1.165, 1.54) is 4.31 Å². The van der Waals surface area contributed by atoms with Gasteiger partial charge in [-0.15, -0.1) is 11.6 Å². The smallest absolute Gasteiger partial charge is 0.0361 e. The highest BCUT2D eigenvalue weighted by atomic mass is 35.5. The van der Waals surface area contributed by atoms with Gasteiger partial charge < -0.3 is 4.55 Å². The van der Waals surface area contributed by atoms with Gasteiger partial charge in [-0.05, 0) is 5.56 Å². The van der Waals surface area contributed by atoms with Crippen molar-refractivity contribution in [2.75, 3.05) is 12.4 Å². The Morgan fingerprint density at radius 1 is 1.36 bits per heavy atom. The lowest BCUT2D eigenvalue weighted by Crippen LogP contribution is -2.27. The summed E-state index contributed by atoms with van der Waals surface area (Å²) in [6.07, 6.45) is 0. The van der Waals surface area contributed by atoms with Crippen LogP contribution >= 0.6 is 11.6 Å². The fraction of sp³-hybridized carbons (Fsp3) is 0.333. The van der Waals surface area contributed by atoms with Crippen LogP contribution in [0.5, 0.6) is 0 Å². The lowest BCUT2D eigenvalue weighted by atomic mass is 10.2. The van der Waals surface area contributed by atoms with Gasteiger partial charge in [0.15, 0.2) is 0 Å². The summed E-state index contributed by atoms with van der Waals surface area (Å²) in [6, 6.07) is 9.41. The largest absolute Gasteiger partial charge is 0.760 e. The Morgan fingerprint density at radius 3 is 2.50 bits per heavy atom. The SMILES string of the molecule is O=S([O-])N(CCCl)Cc1ccccc1. The zero-order valence-electron chi connectivity index (χ0n) is 7.56. The molecule has 78 valence electrons. The van der Waals surface area contributed by atoms with Crippen molar-refractivity contribution < 1.29 is 8.76 Å². The molecule has 0 aromatic heterocycles. The van der Waals surface area contributed by atoms with Crippen molar-refractivity contribution in [2.24, 2.45) is 0 Å². The standard InChI is InChI=1S/C9H12ClNO2S/c10-6-7-11(14(12)13)8-9-4-2-1-3-5-9/h1-5H,6-8H2,(H,12,13)/p-1. The van der Waals surface area contributed by atoms with Crippen LogP contribution in [0.3, 0.4) is 0 Å². The van der Waals surface area contributed by atoms with Crippen molar-refractivity contribution in [2.45, 2.75) is 6.54 Å². The van der Waals surface area contributed by atoms with Crippen molar-refractivity contribution >= 4 is 22.9 Å². The topological polar surface area (TPSA) is 43.4 Å².